The third-order valence-electron chi connectivity index (χ3n) is 6.58. The van der Waals surface area contributed by atoms with E-state index in [1.165, 1.54) is 0 Å². The van der Waals surface area contributed by atoms with Crippen molar-refractivity contribution in [1.29, 1.82) is 0 Å². The Balaban J connectivity index is 2.22. The Morgan fingerprint density at radius 3 is 2.37 bits per heavy atom. The Labute approximate surface area is 216 Å². The van der Waals surface area contributed by atoms with Gasteiger partial charge in [-0.25, -0.2) is 13.1 Å². The number of likely N-dealkylation sites (tertiary alicyclic amines) is 1. The number of carboxylic acids is 1. The summed E-state index contributed by atoms with van der Waals surface area (Å²) < 4.78 is 26.3. The zero-order valence-corrected chi connectivity index (χ0v) is 22.2. The van der Waals surface area contributed by atoms with Gasteiger partial charge in [0.1, 0.15) is 0 Å². The maximum Gasteiger partial charge on any atom is 0.304 e. The number of carbonyl (C=O) groups is 2. The lowest BCUT2D eigenvalue weighted by Gasteiger charge is -2.51. The summed E-state index contributed by atoms with van der Waals surface area (Å²) in [6.45, 7) is 3.55. The number of hydrogen-bond donors (Lipinski definition) is 2. The topological polar surface area (TPSA) is 104 Å². The molecular formula is C25H30Cl2N2O5S. The quantitative estimate of drug-likeness (QED) is 0.472. The summed E-state index contributed by atoms with van der Waals surface area (Å²) in [5.74, 6) is -1.68. The predicted octanol–water partition coefficient (Wildman–Crippen LogP) is 4.86. The number of rotatable bonds is 9. The molecule has 3 rings (SSSR count). The van der Waals surface area contributed by atoms with Gasteiger partial charge in [-0.1, -0.05) is 61.3 Å². The maximum absolute atomic E-state index is 14.0. The Morgan fingerprint density at radius 2 is 1.83 bits per heavy atom. The molecule has 7 nitrogen and oxygen atoms in total. The molecule has 1 heterocycles. The van der Waals surface area contributed by atoms with Crippen LogP contribution in [-0.2, 0) is 19.6 Å². The molecule has 2 N–H and O–H groups in total. The lowest BCUT2D eigenvalue weighted by Crippen LogP contribution is -2.58. The van der Waals surface area contributed by atoms with Gasteiger partial charge in [0.05, 0.1) is 24.1 Å². The van der Waals surface area contributed by atoms with Gasteiger partial charge < -0.3 is 10.0 Å². The Bertz CT molecular complexity index is 1190. The Morgan fingerprint density at radius 1 is 1.17 bits per heavy atom. The highest BCUT2D eigenvalue weighted by atomic mass is 35.5. The highest BCUT2D eigenvalue weighted by Gasteiger charge is 2.52. The molecule has 2 aromatic rings. The van der Waals surface area contributed by atoms with E-state index in [-0.39, 0.29) is 31.2 Å². The van der Waals surface area contributed by atoms with Crippen molar-refractivity contribution in [2.24, 2.45) is 5.41 Å². The minimum Gasteiger partial charge on any atom is -0.481 e. The van der Waals surface area contributed by atoms with Crippen molar-refractivity contribution in [2.45, 2.75) is 51.1 Å². The Kier molecular flexibility index (Phi) is 8.52. The smallest absolute Gasteiger partial charge is 0.304 e. The van der Waals surface area contributed by atoms with Gasteiger partial charge in [0.25, 0.3) is 0 Å². The van der Waals surface area contributed by atoms with Crippen LogP contribution in [0.15, 0.2) is 48.5 Å². The summed E-state index contributed by atoms with van der Waals surface area (Å²) in [5, 5.41) is 10.7. The van der Waals surface area contributed by atoms with Gasteiger partial charge in [-0.2, -0.15) is 0 Å². The number of halogens is 2. The van der Waals surface area contributed by atoms with Crippen LogP contribution in [0.1, 0.15) is 56.2 Å². The van der Waals surface area contributed by atoms with Gasteiger partial charge in [0, 0.05) is 28.5 Å². The normalized spacial score (nSPS) is 23.8. The third-order valence-corrected chi connectivity index (χ3v) is 7.76. The number of amides is 1. The fraction of sp³-hybridized carbons (Fsp3) is 0.440. The third kappa shape index (κ3) is 6.55. The van der Waals surface area contributed by atoms with E-state index in [0.717, 1.165) is 17.4 Å². The van der Waals surface area contributed by atoms with E-state index in [2.05, 4.69) is 4.72 Å². The van der Waals surface area contributed by atoms with Crippen molar-refractivity contribution in [2.75, 3.05) is 12.8 Å². The molecule has 190 valence electrons. The van der Waals surface area contributed by atoms with Crippen LogP contribution < -0.4 is 4.72 Å². The molecule has 0 bridgehead atoms. The molecule has 1 fully saturated rings. The Hall–Kier alpha value is -2.13. The van der Waals surface area contributed by atoms with Gasteiger partial charge in [-0.3, -0.25) is 9.59 Å². The van der Waals surface area contributed by atoms with E-state index in [9.17, 15) is 23.1 Å². The SMILES string of the molecule is CCC(CNS(C)(=O)=O)N1C(=O)[C@@](C)(CC(=O)O)C[C@H](c2cccc(Cl)c2)C1c1ccc(Cl)cc1. The summed E-state index contributed by atoms with van der Waals surface area (Å²) in [5.41, 5.74) is 0.501. The lowest BCUT2D eigenvalue weighted by molar-refractivity contribution is -0.160. The second-order valence-corrected chi connectivity index (χ2v) is 12.1. The summed E-state index contributed by atoms with van der Waals surface area (Å²) in [6.07, 6.45) is 1.47. The van der Waals surface area contributed by atoms with E-state index >= 15 is 0 Å². The monoisotopic (exact) mass is 540 g/mol. The molecule has 0 spiro atoms. The molecule has 1 saturated heterocycles. The molecule has 0 radical (unpaired) electrons. The van der Waals surface area contributed by atoms with E-state index in [0.29, 0.717) is 16.5 Å². The first-order valence-corrected chi connectivity index (χ1v) is 14.0. The number of sulfonamides is 1. The van der Waals surface area contributed by atoms with Crippen LogP contribution in [0.2, 0.25) is 10.0 Å². The summed E-state index contributed by atoms with van der Waals surface area (Å²) in [6, 6.07) is 13.5. The first-order chi connectivity index (χ1) is 16.3. The van der Waals surface area contributed by atoms with Crippen LogP contribution in [0, 0.1) is 5.41 Å². The van der Waals surface area contributed by atoms with Crippen molar-refractivity contribution in [3.8, 4) is 0 Å². The number of aliphatic carboxylic acids is 1. The molecule has 0 aliphatic carbocycles. The van der Waals surface area contributed by atoms with Crippen molar-refractivity contribution in [3.63, 3.8) is 0 Å². The zero-order chi connectivity index (χ0) is 26.0. The number of piperidine rings is 1. The minimum atomic E-state index is -3.51. The molecule has 1 amide bonds. The van der Waals surface area contributed by atoms with E-state index in [1.807, 2.05) is 37.3 Å². The zero-order valence-electron chi connectivity index (χ0n) is 19.9. The van der Waals surface area contributed by atoms with E-state index < -0.39 is 33.5 Å². The maximum atomic E-state index is 14.0. The van der Waals surface area contributed by atoms with E-state index in [4.69, 9.17) is 23.2 Å². The first kappa shape index (κ1) is 27.5. The second-order valence-electron chi connectivity index (χ2n) is 9.39. The second kappa shape index (κ2) is 10.9. The summed E-state index contributed by atoms with van der Waals surface area (Å²) in [7, 11) is -3.51. The average Bonchev–Trinajstić information content (AvgIpc) is 2.76. The van der Waals surface area contributed by atoms with Gasteiger partial charge >= 0.3 is 5.97 Å². The number of carbonyl (C=O) groups excluding carboxylic acids is 1. The number of hydrogen-bond acceptors (Lipinski definition) is 4. The number of benzene rings is 2. The predicted molar refractivity (Wildman–Crippen MR) is 137 cm³/mol. The largest absolute Gasteiger partial charge is 0.481 e. The van der Waals surface area contributed by atoms with Crippen LogP contribution in [-0.4, -0.2) is 49.1 Å². The molecule has 1 aliphatic heterocycles. The van der Waals surface area contributed by atoms with Crippen LogP contribution in [0.4, 0.5) is 0 Å². The minimum absolute atomic E-state index is 0.0105. The molecule has 4 atom stereocenters. The summed E-state index contributed by atoms with van der Waals surface area (Å²) >= 11 is 12.5. The molecule has 0 aromatic heterocycles. The van der Waals surface area contributed by atoms with Crippen LogP contribution in [0.3, 0.4) is 0 Å². The molecule has 35 heavy (non-hydrogen) atoms. The molecule has 2 aromatic carbocycles. The van der Waals surface area contributed by atoms with Gasteiger partial charge in [-0.15, -0.1) is 0 Å². The first-order valence-electron chi connectivity index (χ1n) is 11.3. The van der Waals surface area contributed by atoms with Crippen molar-refractivity contribution >= 4 is 45.1 Å². The van der Waals surface area contributed by atoms with E-state index in [1.54, 1.807) is 30.0 Å². The van der Waals surface area contributed by atoms with Crippen LogP contribution in [0.25, 0.3) is 0 Å². The fourth-order valence-electron chi connectivity index (χ4n) is 4.97. The highest BCUT2D eigenvalue weighted by molar-refractivity contribution is 7.88. The van der Waals surface area contributed by atoms with Crippen molar-refractivity contribution < 1.29 is 23.1 Å². The molecule has 0 saturated carbocycles. The van der Waals surface area contributed by atoms with Crippen LogP contribution in [0.5, 0.6) is 0 Å². The summed E-state index contributed by atoms with van der Waals surface area (Å²) in [4.78, 5) is 27.5. The highest BCUT2D eigenvalue weighted by Crippen LogP contribution is 2.52. The number of carboxylic acid groups (broad SMARTS) is 1. The van der Waals surface area contributed by atoms with Gasteiger partial charge in [0.15, 0.2) is 0 Å². The number of nitrogens with zero attached hydrogens (tertiary/aromatic N) is 1. The van der Waals surface area contributed by atoms with Gasteiger partial charge in [-0.05, 0) is 48.2 Å². The molecule has 2 unspecified atom stereocenters. The van der Waals surface area contributed by atoms with Gasteiger partial charge in [0.2, 0.25) is 15.9 Å². The number of nitrogens with one attached hydrogen (secondary N) is 1. The molecule has 10 heteroatoms. The molecule has 1 aliphatic rings. The average molecular weight is 541 g/mol. The van der Waals surface area contributed by atoms with Crippen LogP contribution >= 0.6 is 23.2 Å². The van der Waals surface area contributed by atoms with Crippen molar-refractivity contribution in [1.82, 2.24) is 9.62 Å². The fourth-order valence-corrected chi connectivity index (χ4v) is 5.79. The molecular weight excluding hydrogens is 511 g/mol. The standard InChI is InChI=1S/C25H30Cl2N2O5S/c1-4-20(15-28-35(3,33)34)29-23(16-8-10-18(26)11-9-16)21(17-6-5-7-19(27)12-17)13-25(2,24(29)32)14-22(30)31/h5-12,20-21,23,28H,4,13-15H2,1-3H3,(H,30,31)/t20?,21-,23?,25-/m1/s1. The van der Waals surface area contributed by atoms with Crippen molar-refractivity contribution in [3.05, 3.63) is 69.7 Å². The lowest BCUT2D eigenvalue weighted by atomic mass is 9.67.